The molecule has 0 unspecified atom stereocenters. The lowest BCUT2D eigenvalue weighted by molar-refractivity contribution is -0.133. The number of carbonyl (C=O) groups excluding carboxylic acids is 2. The molecule has 2 aliphatic rings. The maximum absolute atomic E-state index is 13.1. The smallest absolute Gasteiger partial charge is 0.319 e. The molecule has 4 rings (SSSR count). The number of imide groups is 1. The maximum Gasteiger partial charge on any atom is 0.326 e. The van der Waals surface area contributed by atoms with Crippen LogP contribution in [0.5, 0.6) is 0 Å². The van der Waals surface area contributed by atoms with Gasteiger partial charge in [0, 0.05) is 17.5 Å². The average Bonchev–Trinajstić information content (AvgIpc) is 3.21. The molecular weight excluding hydrogens is 346 g/mol. The summed E-state index contributed by atoms with van der Waals surface area (Å²) >= 11 is 1.80. The SMILES string of the molecule is CC[C@@H]1c2ccsc2CCN1CN1C(=O)N[C@](C)(c2ccccc2)C1=O. The van der Waals surface area contributed by atoms with Gasteiger partial charge in [-0.25, -0.2) is 9.69 Å². The summed E-state index contributed by atoms with van der Waals surface area (Å²) in [5.74, 6) is -0.181. The van der Waals surface area contributed by atoms with Crippen LogP contribution in [0, 0.1) is 0 Å². The Kier molecular flexibility index (Phi) is 4.32. The number of nitrogens with one attached hydrogen (secondary N) is 1. The lowest BCUT2D eigenvalue weighted by atomic mass is 9.92. The zero-order valence-electron chi connectivity index (χ0n) is 15.1. The minimum Gasteiger partial charge on any atom is -0.319 e. The standard InChI is InChI=1S/C20H23N3O2S/c1-3-16-15-10-12-26-17(15)9-11-22(16)13-23-18(24)20(2,21-19(23)25)14-7-5-4-6-8-14/h4-8,10,12,16H,3,9,11,13H2,1-2H3,(H,21,25)/t16-,20-/m1/s1. The second-order valence-corrected chi connectivity index (χ2v) is 8.08. The van der Waals surface area contributed by atoms with Gasteiger partial charge in [0.2, 0.25) is 0 Å². The number of amides is 3. The minimum atomic E-state index is -0.997. The van der Waals surface area contributed by atoms with Crippen molar-refractivity contribution in [3.05, 3.63) is 57.8 Å². The van der Waals surface area contributed by atoms with Crippen molar-refractivity contribution < 1.29 is 9.59 Å². The lowest BCUT2D eigenvalue weighted by Crippen LogP contribution is -2.46. The Balaban J connectivity index is 1.57. The van der Waals surface area contributed by atoms with Gasteiger partial charge < -0.3 is 5.32 Å². The first-order valence-corrected chi connectivity index (χ1v) is 9.92. The van der Waals surface area contributed by atoms with Crippen molar-refractivity contribution in [1.82, 2.24) is 15.1 Å². The predicted octanol–water partition coefficient (Wildman–Crippen LogP) is 3.48. The molecule has 0 radical (unpaired) electrons. The highest BCUT2D eigenvalue weighted by Gasteiger charge is 2.49. The Morgan fingerprint density at radius 1 is 1.23 bits per heavy atom. The first-order chi connectivity index (χ1) is 12.5. The molecule has 0 spiro atoms. The molecule has 3 amide bonds. The summed E-state index contributed by atoms with van der Waals surface area (Å²) in [6.45, 7) is 5.14. The van der Waals surface area contributed by atoms with Crippen molar-refractivity contribution >= 4 is 23.3 Å². The molecule has 136 valence electrons. The summed E-state index contributed by atoms with van der Waals surface area (Å²) in [7, 11) is 0. The molecule has 2 aliphatic heterocycles. The first kappa shape index (κ1) is 17.2. The van der Waals surface area contributed by atoms with Crippen LogP contribution in [0.25, 0.3) is 0 Å². The highest BCUT2D eigenvalue weighted by Crippen LogP contribution is 2.36. The number of rotatable bonds is 4. The van der Waals surface area contributed by atoms with E-state index in [4.69, 9.17) is 0 Å². The number of carbonyl (C=O) groups is 2. The minimum absolute atomic E-state index is 0.181. The van der Waals surface area contributed by atoms with Gasteiger partial charge in [0.1, 0.15) is 5.54 Å². The summed E-state index contributed by atoms with van der Waals surface area (Å²) in [5.41, 5.74) is 1.16. The van der Waals surface area contributed by atoms with Gasteiger partial charge >= 0.3 is 6.03 Å². The quantitative estimate of drug-likeness (QED) is 0.840. The monoisotopic (exact) mass is 369 g/mol. The zero-order valence-corrected chi connectivity index (χ0v) is 15.9. The van der Waals surface area contributed by atoms with Gasteiger partial charge in [-0.15, -0.1) is 11.3 Å². The van der Waals surface area contributed by atoms with Crippen LogP contribution in [-0.4, -0.2) is 35.0 Å². The third kappa shape index (κ3) is 2.64. The van der Waals surface area contributed by atoms with Crippen molar-refractivity contribution in [2.75, 3.05) is 13.2 Å². The van der Waals surface area contributed by atoms with E-state index in [9.17, 15) is 9.59 Å². The van der Waals surface area contributed by atoms with Gasteiger partial charge in [0.05, 0.1) is 6.67 Å². The van der Waals surface area contributed by atoms with Crippen LogP contribution in [0.1, 0.15) is 42.3 Å². The Hall–Kier alpha value is -2.18. The lowest BCUT2D eigenvalue weighted by Gasteiger charge is -2.37. The van der Waals surface area contributed by atoms with Crippen LogP contribution in [-0.2, 0) is 16.8 Å². The van der Waals surface area contributed by atoms with Gasteiger partial charge in [-0.1, -0.05) is 37.3 Å². The number of benzene rings is 1. The summed E-state index contributed by atoms with van der Waals surface area (Å²) in [6, 6.07) is 11.6. The molecule has 1 fully saturated rings. The molecule has 1 aromatic heterocycles. The fourth-order valence-corrected chi connectivity index (χ4v) is 5.00. The van der Waals surface area contributed by atoms with Crippen molar-refractivity contribution in [2.45, 2.75) is 38.3 Å². The number of nitrogens with zero attached hydrogens (tertiary/aromatic N) is 2. The van der Waals surface area contributed by atoms with E-state index in [1.807, 2.05) is 30.3 Å². The van der Waals surface area contributed by atoms with Crippen LogP contribution < -0.4 is 5.32 Å². The van der Waals surface area contributed by atoms with E-state index in [-0.39, 0.29) is 18.0 Å². The van der Waals surface area contributed by atoms with E-state index in [1.165, 1.54) is 15.3 Å². The van der Waals surface area contributed by atoms with Gasteiger partial charge in [0.15, 0.2) is 0 Å². The normalized spacial score (nSPS) is 26.1. The summed E-state index contributed by atoms with van der Waals surface area (Å²) < 4.78 is 0. The van der Waals surface area contributed by atoms with Gasteiger partial charge in [0.25, 0.3) is 5.91 Å². The van der Waals surface area contributed by atoms with Gasteiger partial charge in [-0.2, -0.15) is 0 Å². The van der Waals surface area contributed by atoms with Crippen molar-refractivity contribution in [3.63, 3.8) is 0 Å². The Morgan fingerprint density at radius 2 is 2.00 bits per heavy atom. The van der Waals surface area contributed by atoms with Crippen molar-refractivity contribution in [3.8, 4) is 0 Å². The summed E-state index contributed by atoms with van der Waals surface area (Å²) in [5, 5.41) is 5.03. The molecule has 2 aromatic rings. The predicted molar refractivity (Wildman–Crippen MR) is 102 cm³/mol. The summed E-state index contributed by atoms with van der Waals surface area (Å²) in [6.07, 6.45) is 1.94. The van der Waals surface area contributed by atoms with Gasteiger partial charge in [-0.05, 0) is 42.3 Å². The van der Waals surface area contributed by atoms with E-state index in [0.717, 1.165) is 24.9 Å². The highest BCUT2D eigenvalue weighted by atomic mass is 32.1. The zero-order chi connectivity index (χ0) is 18.3. The number of fused-ring (bicyclic) bond motifs is 1. The molecule has 2 atom stereocenters. The van der Waals surface area contributed by atoms with Crippen molar-refractivity contribution in [1.29, 1.82) is 0 Å². The molecule has 0 saturated carbocycles. The third-order valence-corrected chi connectivity index (χ3v) is 6.54. The molecular formula is C20H23N3O2S. The highest BCUT2D eigenvalue weighted by molar-refractivity contribution is 7.10. The molecule has 0 aliphatic carbocycles. The fraction of sp³-hybridized carbons (Fsp3) is 0.400. The van der Waals surface area contributed by atoms with Crippen LogP contribution in [0.3, 0.4) is 0 Å². The Bertz CT molecular complexity index is 835. The van der Waals surface area contributed by atoms with Crippen LogP contribution in [0.15, 0.2) is 41.8 Å². The second-order valence-electron chi connectivity index (χ2n) is 7.08. The molecule has 6 heteroatoms. The van der Waals surface area contributed by atoms with Gasteiger partial charge in [-0.3, -0.25) is 9.69 Å². The molecule has 1 saturated heterocycles. The van der Waals surface area contributed by atoms with Crippen molar-refractivity contribution in [2.24, 2.45) is 0 Å². The second kappa shape index (κ2) is 6.52. The van der Waals surface area contributed by atoms with E-state index >= 15 is 0 Å². The molecule has 5 nitrogen and oxygen atoms in total. The summed E-state index contributed by atoms with van der Waals surface area (Å²) in [4.78, 5) is 30.8. The number of thiophene rings is 1. The fourth-order valence-electron chi connectivity index (χ4n) is 4.07. The molecule has 26 heavy (non-hydrogen) atoms. The topological polar surface area (TPSA) is 52.6 Å². The third-order valence-electron chi connectivity index (χ3n) is 5.54. The molecule has 1 N–H and O–H groups in total. The van der Waals surface area contributed by atoms with Crippen LogP contribution in [0.4, 0.5) is 4.79 Å². The van der Waals surface area contributed by atoms with Crippen LogP contribution >= 0.6 is 11.3 Å². The molecule has 1 aromatic carbocycles. The largest absolute Gasteiger partial charge is 0.326 e. The van der Waals surface area contributed by atoms with E-state index in [1.54, 1.807) is 18.3 Å². The maximum atomic E-state index is 13.1. The molecule has 3 heterocycles. The Morgan fingerprint density at radius 3 is 2.73 bits per heavy atom. The van der Waals surface area contributed by atoms with E-state index < -0.39 is 5.54 Å². The molecule has 0 bridgehead atoms. The van der Waals surface area contributed by atoms with Crippen LogP contribution in [0.2, 0.25) is 0 Å². The first-order valence-electron chi connectivity index (χ1n) is 9.04. The number of hydrogen-bond donors (Lipinski definition) is 1. The number of urea groups is 1. The number of hydrogen-bond acceptors (Lipinski definition) is 4. The van der Waals surface area contributed by atoms with E-state index in [0.29, 0.717) is 6.67 Å². The average molecular weight is 369 g/mol. The Labute approximate surface area is 157 Å². The van der Waals surface area contributed by atoms with E-state index in [2.05, 4.69) is 28.6 Å².